The van der Waals surface area contributed by atoms with Gasteiger partial charge in [0.15, 0.2) is 23.1 Å². The van der Waals surface area contributed by atoms with Crippen molar-refractivity contribution in [2.24, 2.45) is 10.8 Å². The number of nitrogens with zero attached hydrogens (tertiary/aromatic N) is 3. The number of rotatable bonds is 11. The van der Waals surface area contributed by atoms with Gasteiger partial charge in [-0.1, -0.05) is 42.5 Å². The molecule has 0 aliphatic heterocycles. The molecule has 1 aliphatic carbocycles. The molecular formula is C41H34ClF2N5O4. The molecule has 2 aromatic heterocycles. The molecule has 0 saturated heterocycles. The highest BCUT2D eigenvalue weighted by molar-refractivity contribution is 6.25. The van der Waals surface area contributed by atoms with Crippen LogP contribution in [0.1, 0.15) is 23.1 Å². The molecule has 2 amide bonds. The number of ether oxygens (including phenoxy) is 3. The SMILES string of the molecule is COc1cc2c(Oc3ccc(C4(C=NNC(N)=O)C=CC(F)=CC4Cl)cc3F)ccnc2cc1OCCCc1ccc(C)c2nc3ccccc3cc12. The second kappa shape index (κ2) is 14.9. The minimum Gasteiger partial charge on any atom is -0.493 e. The van der Waals surface area contributed by atoms with E-state index in [1.807, 2.05) is 18.2 Å². The van der Waals surface area contributed by atoms with Crippen molar-refractivity contribution in [1.82, 2.24) is 15.4 Å². The minimum absolute atomic E-state index is 0.0812. The van der Waals surface area contributed by atoms with Crippen LogP contribution >= 0.6 is 11.6 Å². The maximum absolute atomic E-state index is 15.7. The number of nitrogens with two attached hydrogens (primary N) is 1. The number of allylic oxidation sites excluding steroid dienone is 4. The number of urea groups is 1. The lowest BCUT2D eigenvalue weighted by atomic mass is 9.76. The number of hydrogen-bond donors (Lipinski definition) is 2. The summed E-state index contributed by atoms with van der Waals surface area (Å²) in [6.45, 7) is 2.51. The van der Waals surface area contributed by atoms with Gasteiger partial charge >= 0.3 is 6.03 Å². The number of fused-ring (bicyclic) bond motifs is 3. The zero-order valence-electron chi connectivity index (χ0n) is 28.8. The number of carbonyl (C=O) groups is 1. The number of carbonyl (C=O) groups excluding carboxylic acids is 1. The lowest BCUT2D eigenvalue weighted by molar-refractivity contribution is 0.249. The third-order valence-electron chi connectivity index (χ3n) is 9.20. The first-order valence-corrected chi connectivity index (χ1v) is 17.2. The van der Waals surface area contributed by atoms with E-state index in [0.717, 1.165) is 40.2 Å². The Balaban J connectivity index is 1.09. The van der Waals surface area contributed by atoms with E-state index in [0.29, 0.717) is 40.3 Å². The van der Waals surface area contributed by atoms with Gasteiger partial charge < -0.3 is 19.9 Å². The smallest absolute Gasteiger partial charge is 0.332 e. The predicted molar refractivity (Wildman–Crippen MR) is 203 cm³/mol. The maximum Gasteiger partial charge on any atom is 0.332 e. The molecule has 3 N–H and O–H groups in total. The first kappa shape index (κ1) is 35.3. The quantitative estimate of drug-likeness (QED) is 0.0451. The number of aromatic nitrogens is 2. The lowest BCUT2D eigenvalue weighted by Gasteiger charge is -2.32. The fourth-order valence-corrected chi connectivity index (χ4v) is 6.84. The van der Waals surface area contributed by atoms with Crippen LogP contribution in [0.5, 0.6) is 23.0 Å². The first-order chi connectivity index (χ1) is 25.6. The van der Waals surface area contributed by atoms with E-state index in [9.17, 15) is 9.18 Å². The Bertz CT molecular complexity index is 2470. The van der Waals surface area contributed by atoms with Crippen molar-refractivity contribution in [2.75, 3.05) is 13.7 Å². The molecule has 0 bridgehead atoms. The predicted octanol–water partition coefficient (Wildman–Crippen LogP) is 9.12. The molecule has 0 fully saturated rings. The zero-order valence-corrected chi connectivity index (χ0v) is 29.5. The van der Waals surface area contributed by atoms with Gasteiger partial charge in [-0.15, -0.1) is 11.6 Å². The van der Waals surface area contributed by atoms with Crippen LogP contribution in [0.15, 0.2) is 114 Å². The van der Waals surface area contributed by atoms with E-state index >= 15 is 4.39 Å². The first-order valence-electron chi connectivity index (χ1n) is 16.8. The molecule has 2 unspecified atom stereocenters. The number of alkyl halides is 1. The molecule has 1 aliphatic rings. The van der Waals surface area contributed by atoms with Crippen LogP contribution in [-0.4, -0.2) is 41.3 Å². The maximum atomic E-state index is 15.7. The van der Waals surface area contributed by atoms with Crippen LogP contribution in [0.2, 0.25) is 0 Å². The Morgan fingerprint density at radius 3 is 2.64 bits per heavy atom. The zero-order chi connectivity index (χ0) is 37.1. The van der Waals surface area contributed by atoms with E-state index in [-0.39, 0.29) is 5.75 Å². The number of pyridine rings is 2. The Kier molecular flexibility index (Phi) is 9.92. The molecule has 0 radical (unpaired) electrons. The van der Waals surface area contributed by atoms with E-state index in [2.05, 4.69) is 46.7 Å². The van der Waals surface area contributed by atoms with Gasteiger partial charge in [0.1, 0.15) is 11.6 Å². The molecule has 53 heavy (non-hydrogen) atoms. The summed E-state index contributed by atoms with van der Waals surface area (Å²) < 4.78 is 47.7. The molecule has 12 heteroatoms. The van der Waals surface area contributed by atoms with E-state index in [1.165, 1.54) is 42.1 Å². The summed E-state index contributed by atoms with van der Waals surface area (Å²) in [5.74, 6) is -0.0471. The van der Waals surface area contributed by atoms with Crippen molar-refractivity contribution in [2.45, 2.75) is 30.6 Å². The summed E-state index contributed by atoms with van der Waals surface area (Å²) in [5.41, 5.74) is 11.1. The monoisotopic (exact) mass is 733 g/mol. The summed E-state index contributed by atoms with van der Waals surface area (Å²) in [7, 11) is 1.54. The Morgan fingerprint density at radius 1 is 1.00 bits per heavy atom. The van der Waals surface area contributed by atoms with Gasteiger partial charge in [-0.2, -0.15) is 5.10 Å². The molecule has 2 atom stereocenters. The number of hydrazone groups is 1. The number of halogens is 3. The van der Waals surface area contributed by atoms with Crippen LogP contribution in [0.25, 0.3) is 32.7 Å². The summed E-state index contributed by atoms with van der Waals surface area (Å²) >= 11 is 6.54. The van der Waals surface area contributed by atoms with Crippen LogP contribution in [0, 0.1) is 12.7 Å². The van der Waals surface area contributed by atoms with E-state index < -0.39 is 28.5 Å². The van der Waals surface area contributed by atoms with Gasteiger partial charge in [0.05, 0.1) is 41.1 Å². The topological polar surface area (TPSA) is 121 Å². The van der Waals surface area contributed by atoms with Gasteiger partial charge in [0.25, 0.3) is 0 Å². The van der Waals surface area contributed by atoms with Gasteiger partial charge in [-0.05, 0) is 85.0 Å². The largest absolute Gasteiger partial charge is 0.493 e. The molecule has 0 spiro atoms. The molecule has 2 heterocycles. The van der Waals surface area contributed by atoms with Gasteiger partial charge in [0.2, 0.25) is 0 Å². The molecular weight excluding hydrogens is 700 g/mol. The third kappa shape index (κ3) is 7.20. The number of amides is 2. The van der Waals surface area contributed by atoms with E-state index in [4.69, 9.17) is 36.5 Å². The second-order valence-corrected chi connectivity index (χ2v) is 13.1. The van der Waals surface area contributed by atoms with E-state index in [1.54, 1.807) is 37.6 Å². The summed E-state index contributed by atoms with van der Waals surface area (Å²) in [6, 6.07) is 23.1. The Morgan fingerprint density at radius 2 is 1.85 bits per heavy atom. The van der Waals surface area contributed by atoms with Crippen molar-refractivity contribution >= 4 is 56.6 Å². The van der Waals surface area contributed by atoms with Crippen molar-refractivity contribution in [3.8, 4) is 23.0 Å². The fraction of sp³-hybridized carbons (Fsp3) is 0.171. The normalized spacial score (nSPS) is 17.0. The van der Waals surface area contributed by atoms with Crippen molar-refractivity contribution in [3.63, 3.8) is 0 Å². The molecule has 0 saturated carbocycles. The summed E-state index contributed by atoms with van der Waals surface area (Å²) in [4.78, 5) is 20.6. The number of methoxy groups -OCH3 is 1. The number of primary amides is 1. The molecule has 6 aromatic rings. The molecule has 7 rings (SSSR count). The average Bonchev–Trinajstić information content (AvgIpc) is 3.15. The van der Waals surface area contributed by atoms with Gasteiger partial charge in [0, 0.05) is 34.6 Å². The Hall–Kier alpha value is -6.07. The van der Waals surface area contributed by atoms with Crippen molar-refractivity contribution < 1.29 is 27.8 Å². The minimum atomic E-state index is -1.30. The van der Waals surface area contributed by atoms with Crippen LogP contribution in [-0.2, 0) is 11.8 Å². The highest BCUT2D eigenvalue weighted by Gasteiger charge is 2.38. The summed E-state index contributed by atoms with van der Waals surface area (Å²) in [6.07, 6.45) is 8.17. The van der Waals surface area contributed by atoms with Gasteiger partial charge in [-0.25, -0.2) is 24.0 Å². The molecule has 9 nitrogen and oxygen atoms in total. The number of aryl methyl sites for hydroxylation is 2. The van der Waals surface area contributed by atoms with Gasteiger partial charge in [-0.3, -0.25) is 4.98 Å². The number of para-hydroxylation sites is 1. The highest BCUT2D eigenvalue weighted by Crippen LogP contribution is 2.41. The lowest BCUT2D eigenvalue weighted by Crippen LogP contribution is -2.38. The third-order valence-corrected chi connectivity index (χ3v) is 9.68. The van der Waals surface area contributed by atoms with Crippen molar-refractivity contribution in [1.29, 1.82) is 0 Å². The average molecular weight is 734 g/mol. The number of hydrogen-bond acceptors (Lipinski definition) is 7. The van der Waals surface area contributed by atoms with Crippen LogP contribution in [0.4, 0.5) is 13.6 Å². The Labute approximate surface area is 308 Å². The standard InChI is InChI=1S/C41H34ClF2N5O4/c1-24-9-10-25(29-18-26-6-3-4-8-32(26)48-39(24)29)7-5-17-52-37-22-33-30(21-36(37)51-2)34(14-16-46-33)53-35-12-11-27(19-31(35)44)41(23-47-49-40(45)50)15-13-28(43)20-38(41)42/h3-4,6,8-16,18-23,38H,5,7,17H2,1-2H3,(H3,45,49,50). The number of benzene rings is 4. The van der Waals surface area contributed by atoms with Crippen LogP contribution in [0.3, 0.4) is 0 Å². The van der Waals surface area contributed by atoms with Crippen molar-refractivity contribution in [3.05, 3.63) is 132 Å². The van der Waals surface area contributed by atoms with Crippen LogP contribution < -0.4 is 25.4 Å². The molecule has 268 valence electrons. The highest BCUT2D eigenvalue weighted by atomic mass is 35.5. The summed E-state index contributed by atoms with van der Waals surface area (Å²) in [5, 5.41) is 5.66. The fourth-order valence-electron chi connectivity index (χ4n) is 6.47. The second-order valence-electron chi connectivity index (χ2n) is 12.6. The molecule has 4 aromatic carbocycles. The number of nitrogens with one attached hydrogen (secondary N) is 1.